The van der Waals surface area contributed by atoms with Crippen molar-refractivity contribution < 1.29 is 9.59 Å². The van der Waals surface area contributed by atoms with Crippen molar-refractivity contribution in [1.82, 2.24) is 19.7 Å². The number of nitrogens with one attached hydrogen (secondary N) is 1. The zero-order chi connectivity index (χ0) is 18.3. The molecule has 0 bridgehead atoms. The van der Waals surface area contributed by atoms with E-state index in [0.717, 1.165) is 13.0 Å². The fraction of sp³-hybridized carbons (Fsp3) is 0.632. The summed E-state index contributed by atoms with van der Waals surface area (Å²) in [4.78, 5) is 40.8. The van der Waals surface area contributed by atoms with Gasteiger partial charge in [-0.15, -0.1) is 0 Å². The van der Waals surface area contributed by atoms with Crippen molar-refractivity contribution in [3.63, 3.8) is 0 Å². The van der Waals surface area contributed by atoms with Crippen LogP contribution in [0.3, 0.4) is 0 Å². The minimum absolute atomic E-state index is 0.0316. The Balaban J connectivity index is 1.33. The molecule has 3 heterocycles. The molecule has 3 aliphatic rings. The van der Waals surface area contributed by atoms with E-state index in [-0.39, 0.29) is 36.0 Å². The highest BCUT2D eigenvalue weighted by atomic mass is 16.2. The first-order valence-electron chi connectivity index (χ1n) is 9.46. The van der Waals surface area contributed by atoms with Crippen LogP contribution in [-0.4, -0.2) is 64.9 Å². The number of likely N-dealkylation sites (tertiary alicyclic amines) is 2. The second kappa shape index (κ2) is 6.87. The Labute approximate surface area is 153 Å². The summed E-state index contributed by atoms with van der Waals surface area (Å²) in [5.41, 5.74) is -0.162. The predicted octanol–water partition coefficient (Wildman–Crippen LogP) is -0.0944. The number of rotatable bonds is 5. The van der Waals surface area contributed by atoms with E-state index in [0.29, 0.717) is 24.9 Å². The van der Waals surface area contributed by atoms with Crippen molar-refractivity contribution in [3.05, 3.63) is 34.7 Å². The second-order valence-electron chi connectivity index (χ2n) is 7.90. The summed E-state index contributed by atoms with van der Waals surface area (Å²) in [7, 11) is 1.99. The largest absolute Gasteiger partial charge is 0.354 e. The van der Waals surface area contributed by atoms with Gasteiger partial charge in [-0.25, -0.2) is 0 Å². The topological polar surface area (TPSA) is 74.7 Å². The Hall–Kier alpha value is -2.15. The van der Waals surface area contributed by atoms with Crippen LogP contribution in [0.5, 0.6) is 0 Å². The lowest BCUT2D eigenvalue weighted by atomic mass is 10.0. The van der Waals surface area contributed by atoms with E-state index < -0.39 is 0 Å². The lowest BCUT2D eigenvalue weighted by Crippen LogP contribution is -2.46. The van der Waals surface area contributed by atoms with Gasteiger partial charge < -0.3 is 14.8 Å². The van der Waals surface area contributed by atoms with Crippen LogP contribution in [-0.2, 0) is 16.1 Å². The molecule has 4 rings (SSSR count). The molecule has 2 aliphatic heterocycles. The van der Waals surface area contributed by atoms with E-state index >= 15 is 0 Å². The third-order valence-corrected chi connectivity index (χ3v) is 6.07. The molecule has 0 radical (unpaired) electrons. The van der Waals surface area contributed by atoms with Gasteiger partial charge in [0.15, 0.2) is 0 Å². The van der Waals surface area contributed by atoms with Crippen LogP contribution in [0.15, 0.2) is 29.2 Å². The van der Waals surface area contributed by atoms with Crippen molar-refractivity contribution in [2.75, 3.05) is 26.7 Å². The highest BCUT2D eigenvalue weighted by Gasteiger charge is 2.48. The highest BCUT2D eigenvalue weighted by Crippen LogP contribution is 2.35. The molecule has 1 aromatic heterocycles. The molecule has 1 aliphatic carbocycles. The molecule has 140 valence electrons. The maximum atomic E-state index is 12.6. The van der Waals surface area contributed by atoms with Crippen molar-refractivity contribution >= 4 is 11.8 Å². The van der Waals surface area contributed by atoms with Crippen LogP contribution in [0, 0.1) is 11.8 Å². The number of likely N-dealkylation sites (N-methyl/N-ethyl adjacent to an activating group) is 1. The monoisotopic (exact) mass is 358 g/mol. The zero-order valence-electron chi connectivity index (χ0n) is 15.1. The molecular formula is C19H26N4O3. The Morgan fingerprint density at radius 3 is 2.73 bits per heavy atom. The van der Waals surface area contributed by atoms with E-state index in [1.54, 1.807) is 18.3 Å². The molecule has 3 atom stereocenters. The first-order chi connectivity index (χ1) is 12.5. The first kappa shape index (κ1) is 17.3. The number of carbonyl (C=O) groups excluding carboxylic acids is 2. The smallest absolute Gasteiger partial charge is 0.250 e. The summed E-state index contributed by atoms with van der Waals surface area (Å²) in [5, 5.41) is 3.08. The van der Waals surface area contributed by atoms with Gasteiger partial charge in [-0.3, -0.25) is 19.3 Å². The maximum absolute atomic E-state index is 12.6. The van der Waals surface area contributed by atoms with E-state index in [1.165, 1.54) is 23.5 Å². The normalized spacial score (nSPS) is 28.2. The standard InChI is InChI=1S/C19H26N4O3/c1-21-15(19(26)20-9-13-5-6-13)8-14-10-23(11-16(14)21)18(25)12-22-7-3-2-4-17(22)24/h2-4,7,13-16H,5-6,8-12H2,1H3,(H,20,26)/t14-,15+,16+/m1/s1. The van der Waals surface area contributed by atoms with Crippen LogP contribution in [0.1, 0.15) is 19.3 Å². The van der Waals surface area contributed by atoms with E-state index in [4.69, 9.17) is 0 Å². The molecule has 3 fully saturated rings. The summed E-state index contributed by atoms with van der Waals surface area (Å²) in [6, 6.07) is 5.03. The van der Waals surface area contributed by atoms with Gasteiger partial charge in [0.1, 0.15) is 6.54 Å². The maximum Gasteiger partial charge on any atom is 0.250 e. The number of fused-ring (bicyclic) bond motifs is 1. The van der Waals surface area contributed by atoms with Gasteiger partial charge in [0.2, 0.25) is 11.8 Å². The third-order valence-electron chi connectivity index (χ3n) is 6.07. The minimum Gasteiger partial charge on any atom is -0.354 e. The van der Waals surface area contributed by atoms with Crippen LogP contribution in [0.25, 0.3) is 0 Å². The molecule has 0 aromatic carbocycles. The molecule has 7 nitrogen and oxygen atoms in total. The molecule has 1 saturated carbocycles. The zero-order valence-corrected chi connectivity index (χ0v) is 15.1. The number of hydrogen-bond donors (Lipinski definition) is 1. The van der Waals surface area contributed by atoms with Crippen LogP contribution in [0.2, 0.25) is 0 Å². The summed E-state index contributed by atoms with van der Waals surface area (Å²) in [6.45, 7) is 2.18. The van der Waals surface area contributed by atoms with Gasteiger partial charge >= 0.3 is 0 Å². The van der Waals surface area contributed by atoms with Gasteiger partial charge in [0.25, 0.3) is 5.56 Å². The van der Waals surface area contributed by atoms with E-state index in [9.17, 15) is 14.4 Å². The lowest BCUT2D eigenvalue weighted by Gasteiger charge is -2.26. The lowest BCUT2D eigenvalue weighted by molar-refractivity contribution is -0.131. The minimum atomic E-state index is -0.162. The fourth-order valence-electron chi connectivity index (χ4n) is 4.25. The number of nitrogens with zero attached hydrogens (tertiary/aromatic N) is 3. The number of hydrogen-bond acceptors (Lipinski definition) is 4. The molecular weight excluding hydrogens is 332 g/mol. The van der Waals surface area contributed by atoms with Crippen molar-refractivity contribution in [1.29, 1.82) is 0 Å². The van der Waals surface area contributed by atoms with Crippen molar-refractivity contribution in [2.45, 2.75) is 37.9 Å². The Bertz CT molecular complexity index is 757. The molecule has 1 N–H and O–H groups in total. The van der Waals surface area contributed by atoms with E-state index in [1.807, 2.05) is 11.9 Å². The third kappa shape index (κ3) is 3.40. The Kier molecular flexibility index (Phi) is 4.56. The van der Waals surface area contributed by atoms with Crippen molar-refractivity contribution in [3.8, 4) is 0 Å². The van der Waals surface area contributed by atoms with Gasteiger partial charge in [-0.2, -0.15) is 0 Å². The Morgan fingerprint density at radius 2 is 2.04 bits per heavy atom. The molecule has 26 heavy (non-hydrogen) atoms. The Morgan fingerprint density at radius 1 is 1.23 bits per heavy atom. The van der Waals surface area contributed by atoms with Crippen LogP contribution in [0.4, 0.5) is 0 Å². The highest BCUT2D eigenvalue weighted by molar-refractivity contribution is 5.82. The first-order valence-corrected chi connectivity index (χ1v) is 9.46. The van der Waals surface area contributed by atoms with Gasteiger partial charge in [0, 0.05) is 37.9 Å². The molecule has 0 spiro atoms. The van der Waals surface area contributed by atoms with Crippen LogP contribution >= 0.6 is 0 Å². The van der Waals surface area contributed by atoms with Gasteiger partial charge in [0.05, 0.1) is 6.04 Å². The van der Waals surface area contributed by atoms with E-state index in [2.05, 4.69) is 10.2 Å². The fourth-order valence-corrected chi connectivity index (χ4v) is 4.25. The number of pyridine rings is 1. The second-order valence-corrected chi connectivity index (χ2v) is 7.90. The average molecular weight is 358 g/mol. The molecule has 1 aromatic rings. The predicted molar refractivity (Wildman–Crippen MR) is 96.5 cm³/mol. The quantitative estimate of drug-likeness (QED) is 0.798. The number of aromatic nitrogens is 1. The van der Waals surface area contributed by atoms with Gasteiger partial charge in [-0.05, 0) is 44.2 Å². The van der Waals surface area contributed by atoms with Gasteiger partial charge in [-0.1, -0.05) is 6.07 Å². The van der Waals surface area contributed by atoms with Crippen LogP contribution < -0.4 is 10.9 Å². The summed E-state index contributed by atoms with van der Waals surface area (Å²) in [5.74, 6) is 1.10. The molecule has 2 saturated heterocycles. The SMILES string of the molecule is CN1[C@H](C(=O)NCC2CC2)C[C@@H]2CN(C(=O)Cn3ccccc3=O)C[C@@H]21. The molecule has 7 heteroatoms. The summed E-state index contributed by atoms with van der Waals surface area (Å²) < 4.78 is 1.44. The summed E-state index contributed by atoms with van der Waals surface area (Å²) in [6.07, 6.45) is 4.90. The summed E-state index contributed by atoms with van der Waals surface area (Å²) >= 11 is 0. The average Bonchev–Trinajstić information content (AvgIpc) is 3.28. The van der Waals surface area contributed by atoms with Crippen molar-refractivity contribution in [2.24, 2.45) is 11.8 Å². The molecule has 0 unspecified atom stereocenters. The number of carbonyl (C=O) groups is 2. The number of amides is 2. The molecule has 2 amide bonds.